The van der Waals surface area contributed by atoms with Crippen molar-refractivity contribution in [1.29, 1.82) is 5.26 Å². The van der Waals surface area contributed by atoms with Crippen LogP contribution < -0.4 is 14.2 Å². The van der Waals surface area contributed by atoms with E-state index >= 15 is 0 Å². The Kier molecular flexibility index (Phi) is 7.95. The maximum absolute atomic E-state index is 12.6. The molecule has 3 aromatic rings. The molecule has 3 aromatic carbocycles. The van der Waals surface area contributed by atoms with E-state index in [9.17, 15) is 18.5 Å². The number of aryl methyl sites for hydroxylation is 1. The highest BCUT2D eigenvalue weighted by atomic mass is 35.5. The van der Waals surface area contributed by atoms with Crippen LogP contribution in [0.1, 0.15) is 18.1 Å². The number of benzene rings is 3. The van der Waals surface area contributed by atoms with Crippen molar-refractivity contribution in [3.8, 4) is 17.6 Å². The molecule has 1 N–H and O–H groups in total. The minimum atomic E-state index is -4.13. The van der Waals surface area contributed by atoms with Crippen LogP contribution in [0, 0.1) is 18.3 Å². The second-order valence-corrected chi connectivity index (χ2v) is 9.05. The first kappa shape index (κ1) is 24.8. The minimum absolute atomic E-state index is 0.0307. The maximum atomic E-state index is 12.6. The summed E-state index contributed by atoms with van der Waals surface area (Å²) in [5.41, 5.74) is 1.78. The van der Waals surface area contributed by atoms with Gasteiger partial charge in [-0.1, -0.05) is 35.9 Å². The number of para-hydroxylation sites is 1. The van der Waals surface area contributed by atoms with Crippen LogP contribution in [0.3, 0.4) is 0 Å². The standard InChI is InChI=1S/C25H21ClN2O5S/c1-3-32-24-15-18(14-19(16-27)25(29)28-22-7-5-4-6-17(22)2)8-13-23(24)33-34(30,31)21-11-9-20(26)10-12-21/h4-15H,3H2,1-2H3,(H,28,29)/b19-14+. The van der Waals surface area contributed by atoms with Crippen molar-refractivity contribution in [2.75, 3.05) is 11.9 Å². The fourth-order valence-electron chi connectivity index (χ4n) is 2.94. The van der Waals surface area contributed by atoms with Gasteiger partial charge in [0, 0.05) is 10.7 Å². The molecular weight excluding hydrogens is 476 g/mol. The van der Waals surface area contributed by atoms with E-state index in [2.05, 4.69) is 5.32 Å². The summed E-state index contributed by atoms with van der Waals surface area (Å²) >= 11 is 5.82. The average molecular weight is 497 g/mol. The third kappa shape index (κ3) is 6.16. The zero-order valence-electron chi connectivity index (χ0n) is 18.4. The van der Waals surface area contributed by atoms with Gasteiger partial charge in [-0.05, 0) is 73.5 Å². The van der Waals surface area contributed by atoms with Gasteiger partial charge in [-0.2, -0.15) is 13.7 Å². The van der Waals surface area contributed by atoms with Gasteiger partial charge in [0.25, 0.3) is 5.91 Å². The van der Waals surface area contributed by atoms with Crippen LogP contribution in [0.15, 0.2) is 77.2 Å². The summed E-state index contributed by atoms with van der Waals surface area (Å²) < 4.78 is 36.1. The lowest BCUT2D eigenvalue weighted by atomic mass is 10.1. The summed E-state index contributed by atoms with van der Waals surface area (Å²) in [7, 11) is -4.13. The molecule has 3 rings (SSSR count). The lowest BCUT2D eigenvalue weighted by Gasteiger charge is -2.13. The Labute approximate surface area is 203 Å². The third-order valence-electron chi connectivity index (χ3n) is 4.64. The minimum Gasteiger partial charge on any atom is -0.490 e. The predicted octanol–water partition coefficient (Wildman–Crippen LogP) is 5.36. The third-order valence-corrected chi connectivity index (χ3v) is 6.14. The summed E-state index contributed by atoms with van der Waals surface area (Å²) in [6.07, 6.45) is 1.38. The van der Waals surface area contributed by atoms with Crippen molar-refractivity contribution in [2.45, 2.75) is 18.7 Å². The van der Waals surface area contributed by atoms with Crippen molar-refractivity contribution in [1.82, 2.24) is 0 Å². The molecule has 0 saturated heterocycles. The van der Waals surface area contributed by atoms with Crippen molar-refractivity contribution in [3.63, 3.8) is 0 Å². The SMILES string of the molecule is CCOc1cc(/C=C(\C#N)C(=O)Nc2ccccc2C)ccc1OS(=O)(=O)c1ccc(Cl)cc1. The largest absolute Gasteiger partial charge is 0.490 e. The molecule has 174 valence electrons. The van der Waals surface area contributed by atoms with E-state index in [1.165, 1.54) is 48.5 Å². The van der Waals surface area contributed by atoms with E-state index in [1.807, 2.05) is 25.1 Å². The predicted molar refractivity (Wildman–Crippen MR) is 130 cm³/mol. The fourth-order valence-corrected chi connectivity index (χ4v) is 4.00. The number of amides is 1. The van der Waals surface area contributed by atoms with Crippen LogP contribution in [-0.2, 0) is 14.9 Å². The number of hydrogen-bond acceptors (Lipinski definition) is 6. The number of ether oxygens (including phenoxy) is 1. The lowest BCUT2D eigenvalue weighted by Crippen LogP contribution is -2.14. The molecule has 0 atom stereocenters. The molecule has 0 spiro atoms. The lowest BCUT2D eigenvalue weighted by molar-refractivity contribution is -0.112. The van der Waals surface area contributed by atoms with Gasteiger partial charge >= 0.3 is 10.1 Å². The summed E-state index contributed by atoms with van der Waals surface area (Å²) in [6.45, 7) is 3.82. The smallest absolute Gasteiger partial charge is 0.339 e. The number of rotatable bonds is 8. The zero-order valence-corrected chi connectivity index (χ0v) is 20.0. The number of hydrogen-bond donors (Lipinski definition) is 1. The van der Waals surface area contributed by atoms with E-state index in [1.54, 1.807) is 19.1 Å². The number of anilines is 1. The number of nitrogens with one attached hydrogen (secondary N) is 1. The monoisotopic (exact) mass is 496 g/mol. The Hall–Kier alpha value is -3.80. The Balaban J connectivity index is 1.88. The molecule has 0 fully saturated rings. The van der Waals surface area contributed by atoms with Crippen LogP contribution in [0.25, 0.3) is 6.08 Å². The Morgan fingerprint density at radius 3 is 2.44 bits per heavy atom. The van der Waals surface area contributed by atoms with Crippen LogP contribution in [0.2, 0.25) is 5.02 Å². The van der Waals surface area contributed by atoms with Gasteiger partial charge in [-0.25, -0.2) is 0 Å². The summed E-state index contributed by atoms with van der Waals surface area (Å²) in [4.78, 5) is 12.5. The molecule has 0 unspecified atom stereocenters. The normalized spacial score (nSPS) is 11.4. The molecule has 0 aromatic heterocycles. The first-order chi connectivity index (χ1) is 16.2. The Morgan fingerprint density at radius 1 is 1.09 bits per heavy atom. The van der Waals surface area contributed by atoms with Gasteiger partial charge in [0.05, 0.1) is 6.61 Å². The van der Waals surface area contributed by atoms with E-state index < -0.39 is 16.0 Å². The molecule has 0 bridgehead atoms. The van der Waals surface area contributed by atoms with E-state index in [-0.39, 0.29) is 28.6 Å². The van der Waals surface area contributed by atoms with Gasteiger partial charge in [-0.3, -0.25) is 4.79 Å². The second kappa shape index (κ2) is 10.9. The van der Waals surface area contributed by atoms with Crippen molar-refractivity contribution < 1.29 is 22.1 Å². The number of carbonyl (C=O) groups excluding carboxylic acids is 1. The average Bonchev–Trinajstić information content (AvgIpc) is 2.81. The van der Waals surface area contributed by atoms with Crippen molar-refractivity contribution in [2.24, 2.45) is 0 Å². The molecule has 0 aliphatic rings. The summed E-state index contributed by atoms with van der Waals surface area (Å²) in [5.74, 6) is -0.456. The van der Waals surface area contributed by atoms with Gasteiger partial charge in [0.1, 0.15) is 16.5 Å². The number of nitriles is 1. The highest BCUT2D eigenvalue weighted by Gasteiger charge is 2.20. The molecule has 1 amide bonds. The van der Waals surface area contributed by atoms with Crippen LogP contribution in [-0.4, -0.2) is 20.9 Å². The topological polar surface area (TPSA) is 105 Å². The molecule has 0 aliphatic carbocycles. The van der Waals surface area contributed by atoms with E-state index in [0.29, 0.717) is 16.3 Å². The van der Waals surface area contributed by atoms with E-state index in [0.717, 1.165) is 5.56 Å². The Bertz CT molecular complexity index is 1380. The first-order valence-electron chi connectivity index (χ1n) is 10.2. The number of nitrogens with zero attached hydrogens (tertiary/aromatic N) is 1. The Morgan fingerprint density at radius 2 is 1.79 bits per heavy atom. The number of halogens is 1. The maximum Gasteiger partial charge on any atom is 0.339 e. The molecular formula is C25H21ClN2O5S. The highest BCUT2D eigenvalue weighted by molar-refractivity contribution is 7.87. The molecule has 0 heterocycles. The first-order valence-corrected chi connectivity index (χ1v) is 12.0. The van der Waals surface area contributed by atoms with Crippen LogP contribution in [0.4, 0.5) is 5.69 Å². The summed E-state index contributed by atoms with van der Waals surface area (Å²) in [6, 6.07) is 19.1. The molecule has 0 aliphatic heterocycles. The summed E-state index contributed by atoms with van der Waals surface area (Å²) in [5, 5.41) is 12.6. The van der Waals surface area contributed by atoms with Gasteiger partial charge in [0.15, 0.2) is 11.5 Å². The quantitative estimate of drug-likeness (QED) is 0.255. The molecule has 7 nitrogen and oxygen atoms in total. The number of carbonyl (C=O) groups is 1. The zero-order chi connectivity index (χ0) is 24.7. The molecule has 9 heteroatoms. The van der Waals surface area contributed by atoms with Gasteiger partial charge < -0.3 is 14.2 Å². The fraction of sp³-hybridized carbons (Fsp3) is 0.120. The van der Waals surface area contributed by atoms with Crippen molar-refractivity contribution in [3.05, 3.63) is 88.5 Å². The molecule has 34 heavy (non-hydrogen) atoms. The van der Waals surface area contributed by atoms with Crippen LogP contribution in [0.5, 0.6) is 11.5 Å². The van der Waals surface area contributed by atoms with E-state index in [4.69, 9.17) is 20.5 Å². The molecule has 0 radical (unpaired) electrons. The highest BCUT2D eigenvalue weighted by Crippen LogP contribution is 2.32. The molecule has 0 saturated carbocycles. The van der Waals surface area contributed by atoms with Crippen LogP contribution >= 0.6 is 11.6 Å². The van der Waals surface area contributed by atoms with Gasteiger partial charge in [0.2, 0.25) is 0 Å². The second-order valence-electron chi connectivity index (χ2n) is 7.07. The van der Waals surface area contributed by atoms with Gasteiger partial charge in [-0.15, -0.1) is 0 Å². The van der Waals surface area contributed by atoms with Crippen molar-refractivity contribution >= 4 is 39.4 Å².